The maximum atomic E-state index is 12.2. The van der Waals surface area contributed by atoms with Crippen LogP contribution >= 0.6 is 0 Å². The van der Waals surface area contributed by atoms with Crippen LogP contribution in [0.2, 0.25) is 0 Å². The van der Waals surface area contributed by atoms with Crippen molar-refractivity contribution in [2.75, 3.05) is 24.5 Å². The van der Waals surface area contributed by atoms with Crippen molar-refractivity contribution in [2.45, 2.75) is 39.3 Å². The molecule has 1 aromatic heterocycles. The number of carboxylic acids is 1. The molecule has 0 bridgehead atoms. The maximum Gasteiger partial charge on any atom is 0.410 e. The van der Waals surface area contributed by atoms with E-state index >= 15 is 0 Å². The molecule has 1 aliphatic rings. The average Bonchev–Trinajstić information content (AvgIpc) is 2.45. The zero-order valence-corrected chi connectivity index (χ0v) is 13.8. The highest BCUT2D eigenvalue weighted by Crippen LogP contribution is 2.22. The van der Waals surface area contributed by atoms with E-state index in [2.05, 4.69) is 9.97 Å². The summed E-state index contributed by atoms with van der Waals surface area (Å²) in [5.74, 6) is -0.480. The number of ether oxygens (including phenoxy) is 1. The third kappa shape index (κ3) is 4.08. The molecule has 2 heterocycles. The zero-order chi connectivity index (χ0) is 17.2. The number of aromatic nitrogens is 2. The van der Waals surface area contributed by atoms with E-state index in [1.54, 1.807) is 38.8 Å². The van der Waals surface area contributed by atoms with Crippen molar-refractivity contribution in [3.8, 4) is 0 Å². The molecule has 8 heteroatoms. The molecule has 0 unspecified atom stereocenters. The topological polar surface area (TPSA) is 95.9 Å². The van der Waals surface area contributed by atoms with Crippen LogP contribution in [-0.2, 0) is 9.53 Å². The first kappa shape index (κ1) is 17.0. The number of nitrogens with zero attached hydrogens (tertiary/aromatic N) is 4. The van der Waals surface area contributed by atoms with Gasteiger partial charge in [0.2, 0.25) is 0 Å². The minimum Gasteiger partial charge on any atom is -0.480 e. The van der Waals surface area contributed by atoms with Gasteiger partial charge in [0.25, 0.3) is 0 Å². The van der Waals surface area contributed by atoms with Crippen LogP contribution < -0.4 is 4.90 Å². The quantitative estimate of drug-likeness (QED) is 0.876. The smallest absolute Gasteiger partial charge is 0.410 e. The van der Waals surface area contributed by atoms with Crippen molar-refractivity contribution in [3.05, 3.63) is 18.1 Å². The van der Waals surface area contributed by atoms with Crippen LogP contribution in [0.3, 0.4) is 0 Å². The van der Waals surface area contributed by atoms with E-state index in [4.69, 9.17) is 4.74 Å². The fourth-order valence-corrected chi connectivity index (χ4v) is 2.42. The Morgan fingerprint density at radius 2 is 1.91 bits per heavy atom. The molecule has 126 valence electrons. The number of hydrogen-bond acceptors (Lipinski definition) is 6. The molecule has 0 aliphatic carbocycles. The van der Waals surface area contributed by atoms with Gasteiger partial charge in [-0.15, -0.1) is 0 Å². The van der Waals surface area contributed by atoms with Crippen LogP contribution in [0.5, 0.6) is 0 Å². The molecule has 1 fully saturated rings. The lowest BCUT2D eigenvalue weighted by atomic mass is 10.1. The van der Waals surface area contributed by atoms with Crippen LogP contribution in [0.15, 0.2) is 12.4 Å². The van der Waals surface area contributed by atoms with E-state index in [1.165, 1.54) is 11.1 Å². The van der Waals surface area contributed by atoms with Crippen molar-refractivity contribution >= 4 is 17.9 Å². The largest absolute Gasteiger partial charge is 0.480 e. The van der Waals surface area contributed by atoms with Crippen molar-refractivity contribution in [2.24, 2.45) is 0 Å². The Labute approximate surface area is 135 Å². The fourth-order valence-electron chi connectivity index (χ4n) is 2.42. The molecular formula is C15H22N4O4. The predicted molar refractivity (Wildman–Crippen MR) is 83.3 cm³/mol. The third-order valence-corrected chi connectivity index (χ3v) is 3.44. The molecule has 8 nitrogen and oxygen atoms in total. The maximum absolute atomic E-state index is 12.2. The lowest BCUT2D eigenvalue weighted by Gasteiger charge is -2.40. The highest BCUT2D eigenvalue weighted by atomic mass is 16.6. The summed E-state index contributed by atoms with van der Waals surface area (Å²) in [6.07, 6.45) is 2.59. The van der Waals surface area contributed by atoms with Crippen molar-refractivity contribution in [3.63, 3.8) is 0 Å². The lowest BCUT2D eigenvalue weighted by molar-refractivity contribution is -0.139. The molecule has 1 N–H and O–H groups in total. The Morgan fingerprint density at radius 1 is 1.26 bits per heavy atom. The van der Waals surface area contributed by atoms with Crippen molar-refractivity contribution in [1.29, 1.82) is 0 Å². The van der Waals surface area contributed by atoms with Crippen LogP contribution in [-0.4, -0.2) is 63.3 Å². The first-order chi connectivity index (χ1) is 10.7. The first-order valence-electron chi connectivity index (χ1n) is 7.44. The molecule has 23 heavy (non-hydrogen) atoms. The van der Waals surface area contributed by atoms with E-state index in [-0.39, 0.29) is 6.54 Å². The summed E-state index contributed by atoms with van der Waals surface area (Å²) in [6, 6.07) is -0.883. The second-order valence-electron chi connectivity index (χ2n) is 6.44. The zero-order valence-electron chi connectivity index (χ0n) is 13.8. The molecule has 1 saturated heterocycles. The summed E-state index contributed by atoms with van der Waals surface area (Å²) in [7, 11) is 0. The van der Waals surface area contributed by atoms with Crippen LogP contribution in [0.1, 0.15) is 26.5 Å². The number of piperazine rings is 1. The second kappa shape index (κ2) is 6.39. The second-order valence-corrected chi connectivity index (χ2v) is 6.44. The fraction of sp³-hybridized carbons (Fsp3) is 0.600. The molecule has 0 spiro atoms. The Bertz CT molecular complexity index is 599. The van der Waals surface area contributed by atoms with Gasteiger partial charge in [-0.25, -0.2) is 14.6 Å². The van der Waals surface area contributed by atoms with Crippen LogP contribution in [0, 0.1) is 6.92 Å². The van der Waals surface area contributed by atoms with Gasteiger partial charge in [0.05, 0.1) is 12.2 Å². The molecule has 1 amide bonds. The molecule has 1 aliphatic heterocycles. The number of aliphatic carboxylic acids is 1. The lowest BCUT2D eigenvalue weighted by Crippen LogP contribution is -2.59. The van der Waals surface area contributed by atoms with Gasteiger partial charge in [-0.2, -0.15) is 0 Å². The van der Waals surface area contributed by atoms with Gasteiger partial charge in [0.15, 0.2) is 5.82 Å². The van der Waals surface area contributed by atoms with E-state index in [0.717, 1.165) is 0 Å². The molecule has 0 aromatic carbocycles. The molecule has 0 radical (unpaired) electrons. The standard InChI is InChI=1S/C15H22N4O4/c1-10-12(17-6-5-16-10)19-8-7-18(9-11(19)13(20)21)14(22)23-15(2,3)4/h5-6,11H,7-9H2,1-4H3,(H,20,21)/t11-/m0/s1. The average molecular weight is 322 g/mol. The van der Waals surface area contributed by atoms with Gasteiger partial charge in [-0.1, -0.05) is 0 Å². The molecule has 2 rings (SSSR count). The Morgan fingerprint density at radius 3 is 2.48 bits per heavy atom. The molecular weight excluding hydrogens is 300 g/mol. The van der Waals surface area contributed by atoms with Gasteiger partial charge in [-0.05, 0) is 27.7 Å². The summed E-state index contributed by atoms with van der Waals surface area (Å²) < 4.78 is 5.32. The highest BCUT2D eigenvalue weighted by Gasteiger charge is 2.37. The van der Waals surface area contributed by atoms with E-state index in [9.17, 15) is 14.7 Å². The number of anilines is 1. The monoisotopic (exact) mass is 322 g/mol. The number of carboxylic acid groups (broad SMARTS) is 1. The number of carbonyl (C=O) groups is 2. The van der Waals surface area contributed by atoms with Gasteiger partial charge in [0.1, 0.15) is 11.6 Å². The van der Waals surface area contributed by atoms with Gasteiger partial charge >= 0.3 is 12.1 Å². The van der Waals surface area contributed by atoms with Crippen molar-refractivity contribution in [1.82, 2.24) is 14.9 Å². The van der Waals surface area contributed by atoms with Gasteiger partial charge in [-0.3, -0.25) is 4.98 Å². The molecule has 1 aromatic rings. The minimum absolute atomic E-state index is 0.0419. The van der Waals surface area contributed by atoms with Crippen LogP contribution in [0.25, 0.3) is 0 Å². The summed E-state index contributed by atoms with van der Waals surface area (Å²) in [5, 5.41) is 9.52. The summed E-state index contributed by atoms with van der Waals surface area (Å²) in [6.45, 7) is 7.88. The first-order valence-corrected chi connectivity index (χ1v) is 7.44. The Hall–Kier alpha value is -2.38. The molecule has 1 atom stereocenters. The summed E-state index contributed by atoms with van der Waals surface area (Å²) in [5.41, 5.74) is 0.0403. The summed E-state index contributed by atoms with van der Waals surface area (Å²) in [4.78, 5) is 35.3. The normalized spacial score (nSPS) is 18.7. The summed E-state index contributed by atoms with van der Waals surface area (Å²) >= 11 is 0. The van der Waals surface area contributed by atoms with E-state index < -0.39 is 23.7 Å². The number of hydrogen-bond donors (Lipinski definition) is 1. The molecule has 0 saturated carbocycles. The van der Waals surface area contributed by atoms with E-state index in [0.29, 0.717) is 24.6 Å². The van der Waals surface area contributed by atoms with Crippen LogP contribution in [0.4, 0.5) is 10.6 Å². The highest BCUT2D eigenvalue weighted by molar-refractivity contribution is 5.80. The number of carbonyl (C=O) groups excluding carboxylic acids is 1. The number of aryl methyl sites for hydroxylation is 1. The predicted octanol–water partition coefficient (Wildman–Crippen LogP) is 1.30. The minimum atomic E-state index is -1.01. The van der Waals surface area contributed by atoms with Gasteiger partial charge < -0.3 is 19.6 Å². The van der Waals surface area contributed by atoms with Gasteiger partial charge in [0, 0.05) is 25.5 Å². The Balaban J connectivity index is 2.17. The third-order valence-electron chi connectivity index (χ3n) is 3.44. The van der Waals surface area contributed by atoms with Crippen molar-refractivity contribution < 1.29 is 19.4 Å². The Kier molecular flexibility index (Phi) is 4.72. The SMILES string of the molecule is Cc1nccnc1N1CCN(C(=O)OC(C)(C)C)C[C@H]1C(=O)O. The number of rotatable bonds is 2. The number of amides is 1. The van der Waals surface area contributed by atoms with E-state index in [1.807, 2.05) is 0 Å².